The van der Waals surface area contributed by atoms with Crippen LogP contribution in [0.3, 0.4) is 0 Å². The van der Waals surface area contributed by atoms with Gasteiger partial charge in [0.1, 0.15) is 0 Å². The largest absolute Gasteiger partial charge is 0.494 e. The van der Waals surface area contributed by atoms with E-state index in [-0.39, 0.29) is 18.3 Å². The van der Waals surface area contributed by atoms with Gasteiger partial charge in [-0.15, -0.1) is 0 Å². The molecule has 1 fully saturated rings. The van der Waals surface area contributed by atoms with Crippen molar-refractivity contribution >= 4 is 23.6 Å². The highest BCUT2D eigenvalue weighted by atomic mass is 16.7. The van der Waals surface area contributed by atoms with Gasteiger partial charge >= 0.3 is 7.12 Å². The molecule has 1 aromatic heterocycles. The summed E-state index contributed by atoms with van der Waals surface area (Å²) in [6.07, 6.45) is 1.84. The lowest BCUT2D eigenvalue weighted by Gasteiger charge is -2.32. The maximum Gasteiger partial charge on any atom is 0.494 e. The number of benzene rings is 1. The zero-order valence-electron chi connectivity index (χ0n) is 13.9. The second-order valence-electron chi connectivity index (χ2n) is 6.77. The summed E-state index contributed by atoms with van der Waals surface area (Å²) in [7, 11) is 1.36. The topological polar surface area (TPSA) is 45.5 Å². The normalized spacial score (nSPS) is 20.0. The van der Waals surface area contributed by atoms with Gasteiger partial charge in [-0.05, 0) is 45.3 Å². The smallest absolute Gasteiger partial charge is 0.399 e. The molecule has 1 saturated heterocycles. The minimum atomic E-state index is -0.347. The minimum Gasteiger partial charge on any atom is -0.399 e. The molecule has 0 radical (unpaired) electrons. The molecule has 0 N–H and O–H groups in total. The third kappa shape index (κ3) is 2.55. The van der Waals surface area contributed by atoms with Crippen molar-refractivity contribution in [2.75, 3.05) is 13.7 Å². The lowest BCUT2D eigenvalue weighted by Crippen LogP contribution is -2.41. The minimum absolute atomic E-state index is 0.330. The van der Waals surface area contributed by atoms with Gasteiger partial charge in [-0.25, -0.2) is 4.98 Å². The van der Waals surface area contributed by atoms with Gasteiger partial charge in [0.15, 0.2) is 0 Å². The first-order chi connectivity index (χ1) is 10.3. The van der Waals surface area contributed by atoms with Crippen molar-refractivity contribution in [2.24, 2.45) is 0 Å². The lowest BCUT2D eigenvalue weighted by atomic mass is 9.79. The van der Waals surface area contributed by atoms with Crippen molar-refractivity contribution in [2.45, 2.75) is 45.4 Å². The first-order valence-electron chi connectivity index (χ1n) is 7.63. The standard InChI is InChI=1S/C16H23BN2O3/c1-15(2)16(3,4)22-17(21-15)12-6-7-13-14(10-12)19(11-18-13)8-9-20-5/h6-7,10-11H,8-9H2,1-5H3. The highest BCUT2D eigenvalue weighted by Crippen LogP contribution is 2.36. The lowest BCUT2D eigenvalue weighted by molar-refractivity contribution is 0.00578. The molecule has 1 aromatic carbocycles. The number of nitrogens with zero attached hydrogens (tertiary/aromatic N) is 2. The van der Waals surface area contributed by atoms with E-state index in [1.165, 1.54) is 0 Å². The summed E-state index contributed by atoms with van der Waals surface area (Å²) in [4.78, 5) is 4.42. The van der Waals surface area contributed by atoms with Crippen molar-refractivity contribution in [1.82, 2.24) is 9.55 Å². The predicted octanol–water partition coefficient (Wildman–Crippen LogP) is 1.98. The molecule has 1 aliphatic rings. The SMILES string of the molecule is COCCn1cnc2ccc(B3OC(C)(C)C(C)(C)O3)cc21. The molecule has 0 amide bonds. The fourth-order valence-electron chi connectivity index (χ4n) is 2.57. The van der Waals surface area contributed by atoms with E-state index in [1.54, 1.807) is 7.11 Å². The molecule has 0 atom stereocenters. The third-order valence-electron chi connectivity index (χ3n) is 4.71. The van der Waals surface area contributed by atoms with Crippen LogP contribution in [0.15, 0.2) is 24.5 Å². The second kappa shape index (κ2) is 5.37. The molecule has 5 nitrogen and oxygen atoms in total. The maximum atomic E-state index is 6.12. The molecular formula is C16H23BN2O3. The summed E-state index contributed by atoms with van der Waals surface area (Å²) in [5.74, 6) is 0. The van der Waals surface area contributed by atoms with E-state index < -0.39 is 0 Å². The summed E-state index contributed by atoms with van der Waals surface area (Å²) in [6.45, 7) is 9.69. The Morgan fingerprint density at radius 3 is 2.50 bits per heavy atom. The highest BCUT2D eigenvalue weighted by molar-refractivity contribution is 6.62. The van der Waals surface area contributed by atoms with Crippen LogP contribution in [0.5, 0.6) is 0 Å². The molecule has 6 heteroatoms. The number of hydrogen-bond acceptors (Lipinski definition) is 4. The van der Waals surface area contributed by atoms with E-state index in [0.29, 0.717) is 6.61 Å². The van der Waals surface area contributed by atoms with Crippen molar-refractivity contribution in [3.63, 3.8) is 0 Å². The van der Waals surface area contributed by atoms with Gasteiger partial charge in [0.05, 0.1) is 35.2 Å². The summed E-state index contributed by atoms with van der Waals surface area (Å²) in [6, 6.07) is 6.14. The van der Waals surface area contributed by atoms with Gasteiger partial charge in [-0.1, -0.05) is 6.07 Å². The number of methoxy groups -OCH3 is 1. The van der Waals surface area contributed by atoms with Gasteiger partial charge in [0.25, 0.3) is 0 Å². The first kappa shape index (κ1) is 15.5. The quantitative estimate of drug-likeness (QED) is 0.810. The first-order valence-corrected chi connectivity index (χ1v) is 7.63. The Labute approximate surface area is 131 Å². The zero-order valence-corrected chi connectivity index (χ0v) is 13.9. The fourth-order valence-corrected chi connectivity index (χ4v) is 2.57. The number of aromatic nitrogens is 2. The molecule has 0 aliphatic carbocycles. The Kier molecular flexibility index (Phi) is 3.79. The Morgan fingerprint density at radius 2 is 1.86 bits per heavy atom. The van der Waals surface area contributed by atoms with E-state index >= 15 is 0 Å². The maximum absolute atomic E-state index is 6.12. The summed E-state index contributed by atoms with van der Waals surface area (Å²) in [5, 5.41) is 0. The van der Waals surface area contributed by atoms with Crippen LogP contribution in [-0.2, 0) is 20.6 Å². The average molecular weight is 302 g/mol. The predicted molar refractivity (Wildman–Crippen MR) is 87.3 cm³/mol. The van der Waals surface area contributed by atoms with Crippen LogP contribution in [-0.4, -0.2) is 41.6 Å². The van der Waals surface area contributed by atoms with Crippen molar-refractivity contribution in [3.05, 3.63) is 24.5 Å². The van der Waals surface area contributed by atoms with Crippen LogP contribution < -0.4 is 5.46 Å². The fraction of sp³-hybridized carbons (Fsp3) is 0.562. The van der Waals surface area contributed by atoms with Crippen molar-refractivity contribution < 1.29 is 14.0 Å². The molecule has 0 saturated carbocycles. The van der Waals surface area contributed by atoms with E-state index in [9.17, 15) is 0 Å². The molecule has 0 unspecified atom stereocenters. The number of rotatable bonds is 4. The third-order valence-corrected chi connectivity index (χ3v) is 4.71. The van der Waals surface area contributed by atoms with Crippen LogP contribution in [0.25, 0.3) is 11.0 Å². The highest BCUT2D eigenvalue weighted by Gasteiger charge is 2.51. The van der Waals surface area contributed by atoms with Crippen LogP contribution >= 0.6 is 0 Å². The van der Waals surface area contributed by atoms with Crippen LogP contribution in [0.4, 0.5) is 0 Å². The Bertz CT molecular complexity index is 665. The number of ether oxygens (including phenoxy) is 1. The number of fused-ring (bicyclic) bond motifs is 1. The van der Waals surface area contributed by atoms with Gasteiger partial charge < -0.3 is 18.6 Å². The Hall–Kier alpha value is -1.37. The summed E-state index contributed by atoms with van der Waals surface area (Å²) in [5.41, 5.74) is 2.40. The molecule has 2 aromatic rings. The number of imidazole rings is 1. The monoisotopic (exact) mass is 302 g/mol. The number of hydrogen-bond donors (Lipinski definition) is 0. The van der Waals surface area contributed by atoms with Crippen molar-refractivity contribution in [1.29, 1.82) is 0 Å². The molecule has 3 rings (SSSR count). The molecule has 22 heavy (non-hydrogen) atoms. The summed E-state index contributed by atoms with van der Waals surface area (Å²) >= 11 is 0. The molecule has 118 valence electrons. The van der Waals surface area contributed by atoms with E-state index in [2.05, 4.69) is 43.3 Å². The van der Waals surface area contributed by atoms with Gasteiger partial charge in [-0.2, -0.15) is 0 Å². The van der Waals surface area contributed by atoms with Crippen LogP contribution in [0, 0.1) is 0 Å². The zero-order chi connectivity index (χ0) is 16.0. The van der Waals surface area contributed by atoms with E-state index in [1.807, 2.05) is 18.5 Å². The Morgan fingerprint density at radius 1 is 1.18 bits per heavy atom. The molecule has 2 heterocycles. The van der Waals surface area contributed by atoms with E-state index in [4.69, 9.17) is 14.0 Å². The van der Waals surface area contributed by atoms with Gasteiger partial charge in [0, 0.05) is 13.7 Å². The Balaban J connectivity index is 1.92. The van der Waals surface area contributed by atoms with E-state index in [0.717, 1.165) is 23.0 Å². The van der Waals surface area contributed by atoms with Crippen LogP contribution in [0.1, 0.15) is 27.7 Å². The molecular weight excluding hydrogens is 279 g/mol. The van der Waals surface area contributed by atoms with Gasteiger partial charge in [-0.3, -0.25) is 0 Å². The summed E-state index contributed by atoms with van der Waals surface area (Å²) < 4.78 is 19.5. The van der Waals surface area contributed by atoms with Crippen molar-refractivity contribution in [3.8, 4) is 0 Å². The molecule has 1 aliphatic heterocycles. The average Bonchev–Trinajstić information content (AvgIpc) is 2.94. The van der Waals surface area contributed by atoms with Gasteiger partial charge in [0.2, 0.25) is 0 Å². The van der Waals surface area contributed by atoms with Crippen LogP contribution in [0.2, 0.25) is 0 Å². The molecule has 0 spiro atoms. The molecule has 0 bridgehead atoms. The second-order valence-corrected chi connectivity index (χ2v) is 6.77.